The van der Waals surface area contributed by atoms with E-state index in [4.69, 9.17) is 9.47 Å². The van der Waals surface area contributed by atoms with Crippen molar-refractivity contribution < 1.29 is 24.2 Å². The lowest BCUT2D eigenvalue weighted by Gasteiger charge is -2.24. The average molecular weight is 452 g/mol. The standard InChI is InChI=1S/C23H21N3O5S/c1-3-30-16-6-5-15(13-17(16)31-4-2)19-18(20(27)14-7-9-24-10-8-14)21(28)22(29)26(19)23-25-11-12-32-23/h5-13,19,27H,3-4H2,1-2H3/b20-18+. The fraction of sp³-hybridized carbons (Fsp3) is 0.217. The third-order valence-electron chi connectivity index (χ3n) is 4.91. The molecule has 1 aromatic carbocycles. The number of hydrogen-bond donors (Lipinski definition) is 1. The molecule has 0 bridgehead atoms. The van der Waals surface area contributed by atoms with Gasteiger partial charge in [-0.05, 0) is 43.7 Å². The van der Waals surface area contributed by atoms with Gasteiger partial charge in [0.1, 0.15) is 5.76 Å². The van der Waals surface area contributed by atoms with E-state index in [1.807, 2.05) is 13.8 Å². The van der Waals surface area contributed by atoms with Gasteiger partial charge in [-0.3, -0.25) is 19.5 Å². The van der Waals surface area contributed by atoms with Crippen LogP contribution in [0.2, 0.25) is 0 Å². The van der Waals surface area contributed by atoms with Gasteiger partial charge in [0, 0.05) is 29.5 Å². The van der Waals surface area contributed by atoms with Gasteiger partial charge in [0.15, 0.2) is 16.6 Å². The highest BCUT2D eigenvalue weighted by molar-refractivity contribution is 7.14. The largest absolute Gasteiger partial charge is 0.507 e. The molecule has 164 valence electrons. The summed E-state index contributed by atoms with van der Waals surface area (Å²) >= 11 is 1.23. The van der Waals surface area contributed by atoms with E-state index < -0.39 is 17.7 Å². The Balaban J connectivity index is 1.92. The Morgan fingerprint density at radius 2 is 1.78 bits per heavy atom. The molecule has 3 heterocycles. The zero-order valence-electron chi connectivity index (χ0n) is 17.5. The number of benzene rings is 1. The number of pyridine rings is 1. The van der Waals surface area contributed by atoms with Crippen molar-refractivity contribution in [3.63, 3.8) is 0 Å². The summed E-state index contributed by atoms with van der Waals surface area (Å²) in [6, 6.07) is 7.48. The number of Topliss-reactive ketones (excluding diaryl/α,β-unsaturated/α-hetero) is 1. The summed E-state index contributed by atoms with van der Waals surface area (Å²) in [6.45, 7) is 4.59. The lowest BCUT2D eigenvalue weighted by Crippen LogP contribution is -2.29. The minimum atomic E-state index is -0.885. The molecule has 2 aromatic heterocycles. The van der Waals surface area contributed by atoms with Gasteiger partial charge in [0.25, 0.3) is 5.78 Å². The van der Waals surface area contributed by atoms with Gasteiger partial charge in [0.05, 0.1) is 24.8 Å². The molecule has 32 heavy (non-hydrogen) atoms. The summed E-state index contributed by atoms with van der Waals surface area (Å²) in [5.41, 5.74) is 0.947. The van der Waals surface area contributed by atoms with Crippen molar-refractivity contribution in [3.8, 4) is 11.5 Å². The molecule has 1 aliphatic heterocycles. The Kier molecular flexibility index (Phi) is 6.18. The second-order valence-corrected chi connectivity index (χ2v) is 7.66. The Bertz CT molecular complexity index is 1160. The summed E-state index contributed by atoms with van der Waals surface area (Å²) < 4.78 is 11.4. The quantitative estimate of drug-likeness (QED) is 0.329. The predicted molar refractivity (Wildman–Crippen MR) is 120 cm³/mol. The normalized spacial score (nSPS) is 17.6. The molecule has 0 spiro atoms. The summed E-state index contributed by atoms with van der Waals surface area (Å²) in [6.07, 6.45) is 4.57. The molecule has 1 fully saturated rings. The third-order valence-corrected chi connectivity index (χ3v) is 5.68. The Morgan fingerprint density at radius 3 is 2.44 bits per heavy atom. The molecule has 1 saturated heterocycles. The van der Waals surface area contributed by atoms with Crippen LogP contribution in [0.3, 0.4) is 0 Å². The number of aliphatic hydroxyl groups is 1. The molecule has 1 aliphatic rings. The number of nitrogens with zero attached hydrogens (tertiary/aromatic N) is 3. The topological polar surface area (TPSA) is 102 Å². The van der Waals surface area contributed by atoms with Crippen LogP contribution in [0.5, 0.6) is 11.5 Å². The monoisotopic (exact) mass is 451 g/mol. The van der Waals surface area contributed by atoms with E-state index in [1.165, 1.54) is 28.6 Å². The first-order chi connectivity index (χ1) is 15.6. The minimum absolute atomic E-state index is 0.0250. The van der Waals surface area contributed by atoms with Gasteiger partial charge in [-0.15, -0.1) is 11.3 Å². The summed E-state index contributed by atoms with van der Waals surface area (Å²) in [5.74, 6) is -0.778. The fourth-order valence-electron chi connectivity index (χ4n) is 3.58. The Hall–Kier alpha value is -3.72. The van der Waals surface area contributed by atoms with Crippen LogP contribution in [0, 0.1) is 0 Å². The number of amides is 1. The summed E-state index contributed by atoms with van der Waals surface area (Å²) in [5, 5.41) is 13.1. The zero-order chi connectivity index (χ0) is 22.7. The number of aliphatic hydroxyl groups excluding tert-OH is 1. The predicted octanol–water partition coefficient (Wildman–Crippen LogP) is 3.96. The number of carbonyl (C=O) groups excluding carboxylic acids is 2. The number of ether oxygens (including phenoxy) is 2. The van der Waals surface area contributed by atoms with Crippen LogP contribution in [-0.4, -0.2) is 40.0 Å². The number of ketones is 1. The number of rotatable bonds is 7. The Labute approximate surface area is 188 Å². The number of carbonyl (C=O) groups is 2. The first kappa shape index (κ1) is 21.5. The maximum Gasteiger partial charge on any atom is 0.301 e. The van der Waals surface area contributed by atoms with Crippen molar-refractivity contribution in [3.05, 3.63) is 71.0 Å². The maximum absolute atomic E-state index is 13.1. The number of hydrogen-bond acceptors (Lipinski definition) is 8. The van der Waals surface area contributed by atoms with Crippen LogP contribution in [0.1, 0.15) is 31.0 Å². The average Bonchev–Trinajstić information content (AvgIpc) is 3.42. The molecular weight excluding hydrogens is 430 g/mol. The van der Waals surface area contributed by atoms with E-state index in [2.05, 4.69) is 9.97 Å². The van der Waals surface area contributed by atoms with E-state index in [-0.39, 0.29) is 11.3 Å². The molecule has 1 unspecified atom stereocenters. The summed E-state index contributed by atoms with van der Waals surface area (Å²) in [7, 11) is 0. The van der Waals surface area contributed by atoms with Gasteiger partial charge >= 0.3 is 5.91 Å². The van der Waals surface area contributed by atoms with E-state index >= 15 is 0 Å². The SMILES string of the molecule is CCOc1ccc(C2/C(=C(\O)c3ccncc3)C(=O)C(=O)N2c2nccs2)cc1OCC. The van der Waals surface area contributed by atoms with Crippen LogP contribution in [0.15, 0.2) is 59.9 Å². The second-order valence-electron chi connectivity index (χ2n) is 6.79. The van der Waals surface area contributed by atoms with Gasteiger partial charge in [-0.1, -0.05) is 6.07 Å². The minimum Gasteiger partial charge on any atom is -0.507 e. The molecule has 0 radical (unpaired) electrons. The molecule has 1 atom stereocenters. The molecule has 9 heteroatoms. The molecule has 1 amide bonds. The number of anilines is 1. The number of thiazole rings is 1. The zero-order valence-corrected chi connectivity index (χ0v) is 18.3. The van der Waals surface area contributed by atoms with Crippen molar-refractivity contribution >= 4 is 33.9 Å². The van der Waals surface area contributed by atoms with Crippen molar-refractivity contribution in [1.82, 2.24) is 9.97 Å². The van der Waals surface area contributed by atoms with Crippen molar-refractivity contribution in [2.45, 2.75) is 19.9 Å². The highest BCUT2D eigenvalue weighted by Gasteiger charge is 2.48. The molecule has 0 aliphatic carbocycles. The molecule has 1 N–H and O–H groups in total. The van der Waals surface area contributed by atoms with Crippen molar-refractivity contribution in [2.24, 2.45) is 0 Å². The van der Waals surface area contributed by atoms with Crippen LogP contribution < -0.4 is 14.4 Å². The third kappa shape index (κ3) is 3.82. The molecule has 4 rings (SSSR count). The van der Waals surface area contributed by atoms with Gasteiger partial charge < -0.3 is 14.6 Å². The first-order valence-electron chi connectivity index (χ1n) is 10.1. The van der Waals surface area contributed by atoms with E-state index in [1.54, 1.807) is 41.9 Å². The van der Waals surface area contributed by atoms with Crippen LogP contribution >= 0.6 is 11.3 Å². The lowest BCUT2D eigenvalue weighted by molar-refractivity contribution is -0.132. The van der Waals surface area contributed by atoms with E-state index in [9.17, 15) is 14.7 Å². The molecule has 3 aromatic rings. The van der Waals surface area contributed by atoms with Crippen molar-refractivity contribution in [2.75, 3.05) is 18.1 Å². The molecule has 8 nitrogen and oxygen atoms in total. The fourth-order valence-corrected chi connectivity index (χ4v) is 4.25. The smallest absolute Gasteiger partial charge is 0.301 e. The van der Waals surface area contributed by atoms with Gasteiger partial charge in [0.2, 0.25) is 0 Å². The lowest BCUT2D eigenvalue weighted by atomic mass is 9.95. The highest BCUT2D eigenvalue weighted by Crippen LogP contribution is 2.44. The molecule has 0 saturated carbocycles. The summed E-state index contributed by atoms with van der Waals surface area (Å²) in [4.78, 5) is 35.6. The molecular formula is C23H21N3O5S. The van der Waals surface area contributed by atoms with Gasteiger partial charge in [-0.2, -0.15) is 0 Å². The van der Waals surface area contributed by atoms with Gasteiger partial charge in [-0.25, -0.2) is 4.98 Å². The Morgan fingerprint density at radius 1 is 1.06 bits per heavy atom. The second kappa shape index (κ2) is 9.19. The van der Waals surface area contributed by atoms with Crippen LogP contribution in [0.25, 0.3) is 5.76 Å². The van der Waals surface area contributed by atoms with Crippen LogP contribution in [0.4, 0.5) is 5.13 Å². The first-order valence-corrected chi connectivity index (χ1v) is 10.9. The highest BCUT2D eigenvalue weighted by atomic mass is 32.1. The van der Waals surface area contributed by atoms with Crippen LogP contribution in [-0.2, 0) is 9.59 Å². The number of aromatic nitrogens is 2. The maximum atomic E-state index is 13.1. The van der Waals surface area contributed by atoms with Crippen molar-refractivity contribution in [1.29, 1.82) is 0 Å². The van der Waals surface area contributed by atoms with E-state index in [0.29, 0.717) is 41.0 Å². The van der Waals surface area contributed by atoms with E-state index in [0.717, 1.165) is 0 Å².